The normalized spacial score (nSPS) is 13.7. The smallest absolute Gasteiger partial charge is 0.324 e. The SMILES string of the molecule is CCCCCC(N)c1ccc(C(F)(F)F)c(F)c1. The first kappa shape index (κ1) is 15.0. The lowest BCUT2D eigenvalue weighted by molar-refractivity contribution is -0.140. The Morgan fingerprint density at radius 2 is 1.89 bits per heavy atom. The Hall–Kier alpha value is -1.10. The van der Waals surface area contributed by atoms with E-state index < -0.39 is 23.6 Å². The van der Waals surface area contributed by atoms with Crippen molar-refractivity contribution in [2.75, 3.05) is 0 Å². The molecule has 1 rings (SSSR count). The molecule has 0 fully saturated rings. The molecule has 0 aliphatic carbocycles. The summed E-state index contributed by atoms with van der Waals surface area (Å²) in [6, 6.07) is 2.49. The number of unbranched alkanes of at least 4 members (excludes halogenated alkanes) is 2. The Morgan fingerprint density at radius 1 is 1.22 bits per heavy atom. The van der Waals surface area contributed by atoms with Crippen LogP contribution in [0.1, 0.15) is 49.8 Å². The Labute approximate surface area is 104 Å². The van der Waals surface area contributed by atoms with Gasteiger partial charge >= 0.3 is 6.18 Å². The molecule has 0 aromatic heterocycles. The lowest BCUT2D eigenvalue weighted by atomic mass is 9.99. The van der Waals surface area contributed by atoms with Gasteiger partial charge in [-0.3, -0.25) is 0 Å². The van der Waals surface area contributed by atoms with Gasteiger partial charge in [-0.15, -0.1) is 0 Å². The van der Waals surface area contributed by atoms with E-state index in [0.717, 1.165) is 31.4 Å². The van der Waals surface area contributed by atoms with Crippen LogP contribution in [0.5, 0.6) is 0 Å². The van der Waals surface area contributed by atoms with E-state index in [1.807, 2.05) is 6.92 Å². The summed E-state index contributed by atoms with van der Waals surface area (Å²) in [6.45, 7) is 2.04. The Balaban J connectivity index is 2.78. The monoisotopic (exact) mass is 263 g/mol. The third-order valence-electron chi connectivity index (χ3n) is 2.85. The van der Waals surface area contributed by atoms with Gasteiger partial charge in [0.05, 0.1) is 5.56 Å². The van der Waals surface area contributed by atoms with E-state index in [4.69, 9.17) is 5.73 Å². The fourth-order valence-electron chi connectivity index (χ4n) is 1.77. The number of nitrogens with two attached hydrogens (primary N) is 1. The zero-order chi connectivity index (χ0) is 13.8. The summed E-state index contributed by atoms with van der Waals surface area (Å²) < 4.78 is 50.4. The quantitative estimate of drug-likeness (QED) is 0.617. The molecule has 0 radical (unpaired) electrons. The highest BCUT2D eigenvalue weighted by Gasteiger charge is 2.34. The van der Waals surface area contributed by atoms with Crippen molar-refractivity contribution >= 4 is 0 Å². The predicted molar refractivity (Wildman–Crippen MR) is 62.5 cm³/mol. The molecule has 0 bridgehead atoms. The summed E-state index contributed by atoms with van der Waals surface area (Å²) in [7, 11) is 0. The molecule has 0 amide bonds. The zero-order valence-corrected chi connectivity index (χ0v) is 10.2. The fourth-order valence-corrected chi connectivity index (χ4v) is 1.77. The summed E-state index contributed by atoms with van der Waals surface area (Å²) in [5.41, 5.74) is 4.99. The molecule has 18 heavy (non-hydrogen) atoms. The molecule has 1 aromatic carbocycles. The Kier molecular flexibility index (Phi) is 5.14. The number of benzene rings is 1. The lowest BCUT2D eigenvalue weighted by Crippen LogP contribution is -2.13. The summed E-state index contributed by atoms with van der Waals surface area (Å²) in [5.74, 6) is -1.26. The first-order chi connectivity index (χ1) is 8.36. The van der Waals surface area contributed by atoms with Crippen LogP contribution < -0.4 is 5.73 Å². The third-order valence-corrected chi connectivity index (χ3v) is 2.85. The van der Waals surface area contributed by atoms with Gasteiger partial charge in [0.1, 0.15) is 5.82 Å². The second-order valence-corrected chi connectivity index (χ2v) is 4.34. The largest absolute Gasteiger partial charge is 0.419 e. The van der Waals surface area contributed by atoms with E-state index in [9.17, 15) is 17.6 Å². The molecule has 0 heterocycles. The molecular formula is C13H17F4N. The van der Waals surface area contributed by atoms with Crippen molar-refractivity contribution in [2.24, 2.45) is 5.73 Å². The van der Waals surface area contributed by atoms with Crippen LogP contribution in [0, 0.1) is 5.82 Å². The van der Waals surface area contributed by atoms with Gasteiger partial charge in [-0.05, 0) is 24.1 Å². The van der Waals surface area contributed by atoms with Gasteiger partial charge in [0.25, 0.3) is 0 Å². The summed E-state index contributed by atoms with van der Waals surface area (Å²) in [4.78, 5) is 0. The first-order valence-electron chi connectivity index (χ1n) is 5.98. The molecule has 0 aliphatic rings. The van der Waals surface area contributed by atoms with Crippen molar-refractivity contribution in [3.63, 3.8) is 0 Å². The van der Waals surface area contributed by atoms with Crippen LogP contribution in [0.4, 0.5) is 17.6 Å². The van der Waals surface area contributed by atoms with Crippen molar-refractivity contribution < 1.29 is 17.6 Å². The van der Waals surface area contributed by atoms with Crippen LogP contribution in [-0.4, -0.2) is 0 Å². The van der Waals surface area contributed by atoms with Gasteiger partial charge in [-0.1, -0.05) is 32.3 Å². The molecule has 0 spiro atoms. The van der Waals surface area contributed by atoms with E-state index >= 15 is 0 Å². The van der Waals surface area contributed by atoms with Crippen molar-refractivity contribution in [2.45, 2.75) is 44.8 Å². The van der Waals surface area contributed by atoms with Crippen molar-refractivity contribution in [1.29, 1.82) is 0 Å². The highest BCUT2D eigenvalue weighted by Crippen LogP contribution is 2.32. The standard InChI is InChI=1S/C13H17F4N/c1-2-3-4-5-12(18)9-6-7-10(11(14)8-9)13(15,16)17/h6-8,12H,2-5,18H2,1H3. The second-order valence-electron chi connectivity index (χ2n) is 4.34. The van der Waals surface area contributed by atoms with Crippen molar-refractivity contribution in [1.82, 2.24) is 0 Å². The molecule has 2 N–H and O–H groups in total. The molecule has 0 aliphatic heterocycles. The van der Waals surface area contributed by atoms with E-state index in [1.54, 1.807) is 0 Å². The van der Waals surface area contributed by atoms with Gasteiger partial charge in [0.2, 0.25) is 0 Å². The van der Waals surface area contributed by atoms with Crippen molar-refractivity contribution in [3.05, 3.63) is 35.1 Å². The van der Waals surface area contributed by atoms with E-state index in [0.29, 0.717) is 12.0 Å². The van der Waals surface area contributed by atoms with E-state index in [1.165, 1.54) is 6.07 Å². The number of hydrogen-bond acceptors (Lipinski definition) is 1. The van der Waals surface area contributed by atoms with Crippen molar-refractivity contribution in [3.8, 4) is 0 Å². The van der Waals surface area contributed by atoms with Crippen LogP contribution in [0.25, 0.3) is 0 Å². The van der Waals surface area contributed by atoms with Crippen LogP contribution >= 0.6 is 0 Å². The summed E-state index contributed by atoms with van der Waals surface area (Å²) >= 11 is 0. The topological polar surface area (TPSA) is 26.0 Å². The van der Waals surface area contributed by atoms with Gasteiger partial charge in [0, 0.05) is 6.04 Å². The van der Waals surface area contributed by atoms with Crippen LogP contribution in [0.2, 0.25) is 0 Å². The maximum Gasteiger partial charge on any atom is 0.419 e. The highest BCUT2D eigenvalue weighted by molar-refractivity contribution is 5.28. The lowest BCUT2D eigenvalue weighted by Gasteiger charge is -2.14. The first-order valence-corrected chi connectivity index (χ1v) is 5.98. The summed E-state index contributed by atoms with van der Waals surface area (Å²) in [6.07, 6.45) is -1.07. The molecule has 0 saturated carbocycles. The minimum absolute atomic E-state index is 0.409. The molecule has 1 atom stereocenters. The Bertz CT molecular complexity index is 387. The average molecular weight is 263 g/mol. The molecule has 0 saturated heterocycles. The zero-order valence-electron chi connectivity index (χ0n) is 10.2. The molecular weight excluding hydrogens is 246 g/mol. The molecule has 5 heteroatoms. The second kappa shape index (κ2) is 6.18. The number of rotatable bonds is 5. The van der Waals surface area contributed by atoms with E-state index in [-0.39, 0.29) is 0 Å². The van der Waals surface area contributed by atoms with Gasteiger partial charge in [-0.2, -0.15) is 13.2 Å². The maximum absolute atomic E-state index is 13.3. The van der Waals surface area contributed by atoms with Gasteiger partial charge in [0.15, 0.2) is 0 Å². The van der Waals surface area contributed by atoms with Crippen LogP contribution in [-0.2, 0) is 6.18 Å². The highest BCUT2D eigenvalue weighted by atomic mass is 19.4. The summed E-state index contributed by atoms with van der Waals surface area (Å²) in [5, 5.41) is 0. The van der Waals surface area contributed by atoms with Crippen LogP contribution in [0.3, 0.4) is 0 Å². The number of alkyl halides is 3. The number of halogens is 4. The molecule has 102 valence electrons. The average Bonchev–Trinajstić information content (AvgIpc) is 2.27. The molecule has 1 aromatic rings. The minimum Gasteiger partial charge on any atom is -0.324 e. The maximum atomic E-state index is 13.3. The predicted octanol–water partition coefficient (Wildman–Crippen LogP) is 4.42. The van der Waals surface area contributed by atoms with Gasteiger partial charge < -0.3 is 5.73 Å². The third kappa shape index (κ3) is 3.98. The minimum atomic E-state index is -4.66. The van der Waals surface area contributed by atoms with E-state index in [2.05, 4.69) is 0 Å². The fraction of sp³-hybridized carbons (Fsp3) is 0.538. The number of hydrogen-bond donors (Lipinski definition) is 1. The van der Waals surface area contributed by atoms with Gasteiger partial charge in [-0.25, -0.2) is 4.39 Å². The Morgan fingerprint density at radius 3 is 2.39 bits per heavy atom. The molecule has 1 unspecified atom stereocenters. The molecule has 1 nitrogen and oxygen atoms in total. The van der Waals surface area contributed by atoms with Crippen LogP contribution in [0.15, 0.2) is 18.2 Å².